The third-order valence-electron chi connectivity index (χ3n) is 4.92. The van der Waals surface area contributed by atoms with Crippen LogP contribution >= 0.6 is 11.7 Å². The maximum absolute atomic E-state index is 12.7. The lowest BCUT2D eigenvalue weighted by atomic mass is 9.81. The predicted molar refractivity (Wildman–Crippen MR) is 103 cm³/mol. The summed E-state index contributed by atoms with van der Waals surface area (Å²) in [7, 11) is -2.04. The van der Waals surface area contributed by atoms with Crippen molar-refractivity contribution in [1.29, 1.82) is 0 Å². The van der Waals surface area contributed by atoms with Crippen molar-refractivity contribution in [3.63, 3.8) is 0 Å². The lowest BCUT2D eigenvalue weighted by molar-refractivity contribution is -0.126. The van der Waals surface area contributed by atoms with E-state index in [2.05, 4.69) is 18.8 Å². The van der Waals surface area contributed by atoms with Gasteiger partial charge in [-0.1, -0.05) is 6.07 Å². The van der Waals surface area contributed by atoms with Gasteiger partial charge in [0.2, 0.25) is 15.9 Å². The molecule has 0 atom stereocenters. The molecule has 148 valence electrons. The van der Waals surface area contributed by atoms with Crippen molar-refractivity contribution in [2.75, 3.05) is 26.8 Å². The number of fused-ring (bicyclic) bond motifs is 1. The molecule has 8 nitrogen and oxygen atoms in total. The molecule has 1 fully saturated rings. The molecule has 2 N–H and O–H groups in total. The maximum atomic E-state index is 12.7. The highest BCUT2D eigenvalue weighted by Crippen LogP contribution is 2.29. The molecule has 1 aliphatic rings. The summed E-state index contributed by atoms with van der Waals surface area (Å²) >= 11 is 1.00. The number of nitrogens with one attached hydrogen (secondary N) is 2. The number of hydrogen-bond donors (Lipinski definition) is 2. The topological polar surface area (TPSA) is 110 Å². The van der Waals surface area contributed by atoms with Crippen LogP contribution in [-0.2, 0) is 19.6 Å². The van der Waals surface area contributed by atoms with E-state index in [4.69, 9.17) is 4.74 Å². The number of rotatable bonds is 8. The molecule has 3 rings (SSSR count). The Labute approximate surface area is 163 Å². The van der Waals surface area contributed by atoms with Gasteiger partial charge in [-0.2, -0.15) is 8.75 Å². The van der Waals surface area contributed by atoms with E-state index in [0.717, 1.165) is 37.4 Å². The van der Waals surface area contributed by atoms with E-state index in [-0.39, 0.29) is 22.6 Å². The molecular weight excluding hydrogens is 388 g/mol. The molecule has 0 unspecified atom stereocenters. The maximum Gasteiger partial charge on any atom is 0.242 e. The van der Waals surface area contributed by atoms with Crippen molar-refractivity contribution in [2.24, 2.45) is 11.8 Å². The zero-order valence-corrected chi connectivity index (χ0v) is 16.8. The summed E-state index contributed by atoms with van der Waals surface area (Å²) in [4.78, 5) is 12.3. The number of carbonyl (C=O) groups excluding carboxylic acids is 1. The van der Waals surface area contributed by atoms with Crippen LogP contribution < -0.4 is 10.0 Å². The summed E-state index contributed by atoms with van der Waals surface area (Å²) < 4.78 is 41.1. The van der Waals surface area contributed by atoms with E-state index in [0.29, 0.717) is 30.7 Å². The SMILES string of the molecule is COCCNC(=O)C1CCC(CNS(=O)(=O)c2cccc3nsnc23)CC1. The van der Waals surface area contributed by atoms with Crippen LogP contribution in [0.3, 0.4) is 0 Å². The van der Waals surface area contributed by atoms with E-state index in [1.807, 2.05) is 0 Å². The van der Waals surface area contributed by atoms with E-state index >= 15 is 0 Å². The van der Waals surface area contributed by atoms with Crippen LogP contribution in [0.2, 0.25) is 0 Å². The lowest BCUT2D eigenvalue weighted by Gasteiger charge is -2.27. The first-order valence-corrected chi connectivity index (χ1v) is 11.2. The number of benzene rings is 1. The molecule has 27 heavy (non-hydrogen) atoms. The average Bonchev–Trinajstić information content (AvgIpc) is 3.15. The van der Waals surface area contributed by atoms with E-state index < -0.39 is 10.0 Å². The number of amides is 1. The molecule has 1 amide bonds. The van der Waals surface area contributed by atoms with Crippen LogP contribution in [0, 0.1) is 11.8 Å². The largest absolute Gasteiger partial charge is 0.383 e. The molecule has 1 aromatic heterocycles. The quantitative estimate of drug-likeness (QED) is 0.637. The van der Waals surface area contributed by atoms with Crippen LogP contribution in [0.25, 0.3) is 11.0 Å². The summed E-state index contributed by atoms with van der Waals surface area (Å²) in [6.45, 7) is 1.39. The zero-order chi connectivity index (χ0) is 19.3. The molecule has 0 radical (unpaired) electrons. The van der Waals surface area contributed by atoms with Crippen LogP contribution in [0.5, 0.6) is 0 Å². The summed E-state index contributed by atoms with van der Waals surface area (Å²) in [6, 6.07) is 4.97. The summed E-state index contributed by atoms with van der Waals surface area (Å²) in [6.07, 6.45) is 3.20. The van der Waals surface area contributed by atoms with Crippen molar-refractivity contribution < 1.29 is 17.9 Å². The van der Waals surface area contributed by atoms with Crippen LogP contribution in [0.1, 0.15) is 25.7 Å². The molecule has 1 aliphatic carbocycles. The van der Waals surface area contributed by atoms with E-state index in [1.54, 1.807) is 25.3 Å². The Morgan fingerprint density at radius 3 is 2.78 bits per heavy atom. The average molecular weight is 413 g/mol. The molecule has 1 aromatic carbocycles. The van der Waals surface area contributed by atoms with Crippen LogP contribution in [0.15, 0.2) is 23.1 Å². The van der Waals surface area contributed by atoms with Gasteiger partial charge in [0.05, 0.1) is 18.3 Å². The second kappa shape index (κ2) is 9.05. The van der Waals surface area contributed by atoms with Crippen molar-refractivity contribution in [1.82, 2.24) is 18.8 Å². The number of methoxy groups -OCH3 is 1. The Hall–Kier alpha value is -1.62. The molecule has 0 bridgehead atoms. The third kappa shape index (κ3) is 5.01. The second-order valence-corrected chi connectivity index (χ2v) is 9.01. The van der Waals surface area contributed by atoms with Crippen LogP contribution in [-0.4, -0.2) is 49.9 Å². The molecule has 10 heteroatoms. The van der Waals surface area contributed by atoms with E-state index in [1.165, 1.54) is 0 Å². The minimum atomic E-state index is -3.64. The van der Waals surface area contributed by atoms with Gasteiger partial charge in [-0.3, -0.25) is 4.79 Å². The first kappa shape index (κ1) is 20.1. The van der Waals surface area contributed by atoms with Gasteiger partial charge in [0, 0.05) is 26.1 Å². The zero-order valence-electron chi connectivity index (χ0n) is 15.2. The molecule has 1 heterocycles. The number of hydrogen-bond acceptors (Lipinski definition) is 7. The molecule has 0 aliphatic heterocycles. The van der Waals surface area contributed by atoms with Crippen molar-refractivity contribution in [3.8, 4) is 0 Å². The van der Waals surface area contributed by atoms with Gasteiger partial charge in [0.15, 0.2) is 0 Å². The number of sulfonamides is 1. The number of ether oxygens (including phenoxy) is 1. The monoisotopic (exact) mass is 412 g/mol. The lowest BCUT2D eigenvalue weighted by Crippen LogP contribution is -2.37. The third-order valence-corrected chi connectivity index (χ3v) is 6.92. The van der Waals surface area contributed by atoms with Gasteiger partial charge >= 0.3 is 0 Å². The van der Waals surface area contributed by atoms with Crippen molar-refractivity contribution >= 4 is 38.7 Å². The Kier molecular flexibility index (Phi) is 6.74. The summed E-state index contributed by atoms with van der Waals surface area (Å²) in [5.41, 5.74) is 0.995. The fourth-order valence-electron chi connectivity index (χ4n) is 3.35. The number of nitrogens with zero attached hydrogens (tertiary/aromatic N) is 2. The van der Waals surface area contributed by atoms with Gasteiger partial charge in [-0.05, 0) is 43.7 Å². The summed E-state index contributed by atoms with van der Waals surface area (Å²) in [5.74, 6) is 0.300. The minimum Gasteiger partial charge on any atom is -0.383 e. The highest BCUT2D eigenvalue weighted by atomic mass is 32.2. The molecule has 0 spiro atoms. The first-order valence-electron chi connectivity index (χ1n) is 8.99. The Morgan fingerprint density at radius 1 is 1.26 bits per heavy atom. The van der Waals surface area contributed by atoms with Gasteiger partial charge in [-0.25, -0.2) is 13.1 Å². The Morgan fingerprint density at radius 2 is 2.04 bits per heavy atom. The predicted octanol–water partition coefficient (Wildman–Crippen LogP) is 1.54. The van der Waals surface area contributed by atoms with Gasteiger partial charge < -0.3 is 10.1 Å². The highest BCUT2D eigenvalue weighted by molar-refractivity contribution is 7.89. The molecular formula is C17H24N4O4S2. The smallest absolute Gasteiger partial charge is 0.242 e. The Bertz CT molecular complexity index is 876. The molecule has 2 aromatic rings. The number of aromatic nitrogens is 2. The minimum absolute atomic E-state index is 0.00421. The van der Waals surface area contributed by atoms with Gasteiger partial charge in [-0.15, -0.1) is 0 Å². The standard InChI is InChI=1S/C17H24N4O4S2/c1-25-10-9-18-17(22)13-7-5-12(6-8-13)11-19-27(23,24)15-4-2-3-14-16(15)21-26-20-14/h2-4,12-13,19H,5-11H2,1H3,(H,18,22). The van der Waals surface area contributed by atoms with Crippen LogP contribution in [0.4, 0.5) is 0 Å². The Balaban J connectivity index is 1.51. The fourth-order valence-corrected chi connectivity index (χ4v) is 5.23. The summed E-state index contributed by atoms with van der Waals surface area (Å²) in [5, 5.41) is 2.87. The second-order valence-electron chi connectivity index (χ2n) is 6.74. The fraction of sp³-hybridized carbons (Fsp3) is 0.588. The van der Waals surface area contributed by atoms with E-state index in [9.17, 15) is 13.2 Å². The molecule has 1 saturated carbocycles. The highest BCUT2D eigenvalue weighted by Gasteiger charge is 2.27. The van der Waals surface area contributed by atoms with Gasteiger partial charge in [0.25, 0.3) is 0 Å². The number of carbonyl (C=O) groups is 1. The van der Waals surface area contributed by atoms with Crippen molar-refractivity contribution in [2.45, 2.75) is 30.6 Å². The first-order chi connectivity index (χ1) is 13.0. The van der Waals surface area contributed by atoms with Crippen molar-refractivity contribution in [3.05, 3.63) is 18.2 Å². The molecule has 0 saturated heterocycles. The van der Waals surface area contributed by atoms with Gasteiger partial charge in [0.1, 0.15) is 15.9 Å². The normalized spacial score (nSPS) is 20.6.